The van der Waals surface area contributed by atoms with E-state index in [0.29, 0.717) is 12.8 Å². The van der Waals surface area contributed by atoms with E-state index in [4.69, 9.17) is 19.3 Å². The zero-order valence-electron chi connectivity index (χ0n) is 25.9. The van der Waals surface area contributed by atoms with E-state index < -0.39 is 32.5 Å². The molecular weight excluding hydrogens is 543 g/mol. The molecule has 0 aromatic rings. The van der Waals surface area contributed by atoms with E-state index in [9.17, 15) is 14.2 Å². The van der Waals surface area contributed by atoms with Crippen LogP contribution < -0.4 is 0 Å². The Hall–Kier alpha value is -1.47. The molecule has 0 rings (SSSR count). The van der Waals surface area contributed by atoms with Gasteiger partial charge in [-0.2, -0.15) is 0 Å². The molecule has 0 saturated carbocycles. The lowest BCUT2D eigenvalue weighted by Crippen LogP contribution is -2.29. The molecule has 0 aromatic carbocycles. The maximum absolute atomic E-state index is 12.2. The second-order valence-electron chi connectivity index (χ2n) is 10.8. The van der Waals surface area contributed by atoms with Crippen molar-refractivity contribution >= 4 is 19.8 Å². The van der Waals surface area contributed by atoms with Gasteiger partial charge in [-0.15, -0.1) is 0 Å². The van der Waals surface area contributed by atoms with Crippen molar-refractivity contribution in [1.29, 1.82) is 0 Å². The molecule has 0 aliphatic heterocycles. The number of unbranched alkanes of at least 4 members (excludes halogenated alkanes) is 16. The number of hydrogen-bond acceptors (Lipinski definition) is 6. The molecule has 9 heteroatoms. The summed E-state index contributed by atoms with van der Waals surface area (Å²) in [6.07, 6.45) is 29.1. The summed E-state index contributed by atoms with van der Waals surface area (Å²) >= 11 is 0. The first kappa shape index (κ1) is 39.5. The third-order valence-corrected chi connectivity index (χ3v) is 7.24. The summed E-state index contributed by atoms with van der Waals surface area (Å²) in [5.74, 6) is -0.908. The van der Waals surface area contributed by atoms with Crippen molar-refractivity contribution in [3.63, 3.8) is 0 Å². The number of carbonyl (C=O) groups is 2. The smallest absolute Gasteiger partial charge is 0.462 e. The van der Waals surface area contributed by atoms with Crippen molar-refractivity contribution in [2.75, 3.05) is 13.2 Å². The minimum atomic E-state index is -4.74. The molecule has 0 saturated heterocycles. The zero-order chi connectivity index (χ0) is 30.4. The van der Waals surface area contributed by atoms with Crippen molar-refractivity contribution in [3.05, 3.63) is 24.3 Å². The molecule has 0 spiro atoms. The molecule has 0 amide bonds. The molecular formula is C32H59O8P. The number of carbonyl (C=O) groups excluding carboxylic acids is 2. The fourth-order valence-electron chi connectivity index (χ4n) is 4.30. The molecule has 0 aliphatic carbocycles. The lowest BCUT2D eigenvalue weighted by molar-refractivity contribution is -0.161. The van der Waals surface area contributed by atoms with E-state index in [0.717, 1.165) is 57.8 Å². The second-order valence-corrected chi connectivity index (χ2v) is 12.1. The molecule has 0 fully saturated rings. The molecule has 0 aromatic heterocycles. The summed E-state index contributed by atoms with van der Waals surface area (Å²) in [5.41, 5.74) is 0. The van der Waals surface area contributed by atoms with E-state index in [-0.39, 0.29) is 19.4 Å². The van der Waals surface area contributed by atoms with Gasteiger partial charge in [-0.25, -0.2) is 4.57 Å². The summed E-state index contributed by atoms with van der Waals surface area (Å²) in [6.45, 7) is 3.58. The highest BCUT2D eigenvalue weighted by atomic mass is 31.2. The van der Waals surface area contributed by atoms with Gasteiger partial charge >= 0.3 is 19.8 Å². The third-order valence-electron chi connectivity index (χ3n) is 6.75. The number of rotatable bonds is 29. The Labute approximate surface area is 249 Å². The number of phosphoric ester groups is 1. The summed E-state index contributed by atoms with van der Waals surface area (Å²) in [6, 6.07) is 0. The van der Waals surface area contributed by atoms with E-state index in [2.05, 4.69) is 42.7 Å². The molecule has 0 heterocycles. The Morgan fingerprint density at radius 3 is 1.59 bits per heavy atom. The Kier molecular flexibility index (Phi) is 27.6. The molecule has 0 radical (unpaired) electrons. The molecule has 0 unspecified atom stereocenters. The number of hydrogen-bond donors (Lipinski definition) is 2. The van der Waals surface area contributed by atoms with Gasteiger partial charge < -0.3 is 19.3 Å². The van der Waals surface area contributed by atoms with Gasteiger partial charge in [0.15, 0.2) is 6.10 Å². The SMILES string of the molecule is CCCCCC/C=C/C=C/CCCCCCCC(=O)OC[C@H](COP(=O)(O)O)OC(=O)CCCCCCCCCC. The minimum absolute atomic E-state index is 0.209. The van der Waals surface area contributed by atoms with Crippen LogP contribution in [0.1, 0.15) is 149 Å². The lowest BCUT2D eigenvalue weighted by atomic mass is 10.1. The molecule has 8 nitrogen and oxygen atoms in total. The zero-order valence-corrected chi connectivity index (χ0v) is 26.8. The summed E-state index contributed by atoms with van der Waals surface area (Å²) in [7, 11) is -4.74. The molecule has 1 atom stereocenters. The fraction of sp³-hybridized carbons (Fsp3) is 0.812. The normalized spacial score (nSPS) is 12.8. The Morgan fingerprint density at radius 1 is 0.634 bits per heavy atom. The standard InChI is InChI=1S/C32H59O8P/c1-3-5-7-9-11-13-14-15-16-17-18-19-21-22-24-26-31(33)38-28-30(29-39-41(35,36)37)40-32(34)27-25-23-20-12-10-8-6-4-2/h13-16,30H,3-12,17-29H2,1-2H3,(H2,35,36,37)/b14-13+,16-15+/t30-/m1/s1. The first-order valence-corrected chi connectivity index (χ1v) is 17.7. The Bertz CT molecular complexity index is 731. The van der Waals surface area contributed by atoms with Gasteiger partial charge in [0, 0.05) is 12.8 Å². The van der Waals surface area contributed by atoms with Crippen LogP contribution in [0, 0.1) is 0 Å². The van der Waals surface area contributed by atoms with Crippen LogP contribution in [0.15, 0.2) is 24.3 Å². The van der Waals surface area contributed by atoms with Crippen molar-refractivity contribution in [2.45, 2.75) is 155 Å². The van der Waals surface area contributed by atoms with Crippen LogP contribution in [0.2, 0.25) is 0 Å². The lowest BCUT2D eigenvalue weighted by Gasteiger charge is -2.18. The second kappa shape index (κ2) is 28.6. The highest BCUT2D eigenvalue weighted by molar-refractivity contribution is 7.46. The van der Waals surface area contributed by atoms with Crippen molar-refractivity contribution in [1.82, 2.24) is 0 Å². The van der Waals surface area contributed by atoms with Crippen LogP contribution in [-0.4, -0.2) is 41.0 Å². The van der Waals surface area contributed by atoms with Gasteiger partial charge in [-0.1, -0.05) is 122 Å². The van der Waals surface area contributed by atoms with E-state index in [1.54, 1.807) is 0 Å². The van der Waals surface area contributed by atoms with Gasteiger partial charge in [0.25, 0.3) is 0 Å². The number of esters is 2. The van der Waals surface area contributed by atoms with Gasteiger partial charge in [-0.3, -0.25) is 14.1 Å². The number of phosphoric acid groups is 1. The van der Waals surface area contributed by atoms with Crippen LogP contribution >= 0.6 is 7.82 Å². The van der Waals surface area contributed by atoms with Crippen molar-refractivity contribution in [3.8, 4) is 0 Å². The monoisotopic (exact) mass is 602 g/mol. The highest BCUT2D eigenvalue weighted by Gasteiger charge is 2.22. The van der Waals surface area contributed by atoms with Crippen molar-refractivity contribution < 1.29 is 37.9 Å². The number of allylic oxidation sites excluding steroid dienone is 4. The quantitative estimate of drug-likeness (QED) is 0.0377. The topological polar surface area (TPSA) is 119 Å². The van der Waals surface area contributed by atoms with E-state index >= 15 is 0 Å². The maximum Gasteiger partial charge on any atom is 0.469 e. The van der Waals surface area contributed by atoms with Gasteiger partial charge in [0.1, 0.15) is 6.61 Å². The summed E-state index contributed by atoms with van der Waals surface area (Å²) in [5, 5.41) is 0. The van der Waals surface area contributed by atoms with Crippen LogP contribution in [0.5, 0.6) is 0 Å². The third kappa shape index (κ3) is 31.3. The van der Waals surface area contributed by atoms with E-state index in [1.165, 1.54) is 51.4 Å². The molecule has 2 N–H and O–H groups in total. The average Bonchev–Trinajstić information content (AvgIpc) is 2.93. The van der Waals surface area contributed by atoms with Crippen molar-refractivity contribution in [2.24, 2.45) is 0 Å². The van der Waals surface area contributed by atoms with Crippen LogP contribution in [-0.2, 0) is 28.2 Å². The van der Waals surface area contributed by atoms with Crippen LogP contribution in [0.3, 0.4) is 0 Å². The summed E-state index contributed by atoms with van der Waals surface area (Å²) in [4.78, 5) is 42.3. The first-order chi connectivity index (χ1) is 19.8. The van der Waals surface area contributed by atoms with Gasteiger partial charge in [0.05, 0.1) is 6.61 Å². The fourth-order valence-corrected chi connectivity index (χ4v) is 4.66. The van der Waals surface area contributed by atoms with Gasteiger partial charge in [-0.05, 0) is 38.5 Å². The number of ether oxygens (including phenoxy) is 2. The van der Waals surface area contributed by atoms with Crippen LogP contribution in [0.25, 0.3) is 0 Å². The molecule has 240 valence electrons. The highest BCUT2D eigenvalue weighted by Crippen LogP contribution is 2.35. The largest absolute Gasteiger partial charge is 0.469 e. The first-order valence-electron chi connectivity index (χ1n) is 16.1. The Balaban J connectivity index is 4.03. The Morgan fingerprint density at radius 2 is 1.07 bits per heavy atom. The predicted molar refractivity (Wildman–Crippen MR) is 165 cm³/mol. The maximum atomic E-state index is 12.2. The predicted octanol–water partition coefficient (Wildman–Crippen LogP) is 8.90. The minimum Gasteiger partial charge on any atom is -0.462 e. The summed E-state index contributed by atoms with van der Waals surface area (Å²) < 4.78 is 26.1. The van der Waals surface area contributed by atoms with Gasteiger partial charge in [0.2, 0.25) is 0 Å². The van der Waals surface area contributed by atoms with E-state index in [1.807, 2.05) is 0 Å². The van der Waals surface area contributed by atoms with Crippen LogP contribution in [0.4, 0.5) is 0 Å². The molecule has 0 aliphatic rings. The molecule has 41 heavy (non-hydrogen) atoms. The average molecular weight is 603 g/mol. The molecule has 0 bridgehead atoms.